The highest BCUT2D eigenvalue weighted by molar-refractivity contribution is 7.13. The van der Waals surface area contributed by atoms with E-state index in [1.54, 1.807) is 24.7 Å². The van der Waals surface area contributed by atoms with Gasteiger partial charge in [0.15, 0.2) is 5.69 Å². The molecule has 0 saturated heterocycles. The predicted octanol–water partition coefficient (Wildman–Crippen LogP) is 2.38. The van der Waals surface area contributed by atoms with Crippen LogP contribution in [0.4, 0.5) is 0 Å². The van der Waals surface area contributed by atoms with E-state index in [1.165, 1.54) is 11.3 Å². The van der Waals surface area contributed by atoms with Gasteiger partial charge in [-0.3, -0.25) is 4.98 Å². The number of hydrogen-bond acceptors (Lipinski definition) is 5. The van der Waals surface area contributed by atoms with Crippen molar-refractivity contribution < 1.29 is 9.53 Å². The Hall–Kier alpha value is -1.75. The second-order valence-corrected chi connectivity index (χ2v) is 3.85. The maximum absolute atomic E-state index is 11.4. The normalized spacial score (nSPS) is 10.1. The zero-order valence-electron chi connectivity index (χ0n) is 8.71. The minimum Gasteiger partial charge on any atom is -0.461 e. The number of carbonyl (C=O) groups is 1. The number of nitrogens with zero attached hydrogens (tertiary/aromatic N) is 2. The van der Waals surface area contributed by atoms with Gasteiger partial charge in [0.05, 0.1) is 6.61 Å². The zero-order chi connectivity index (χ0) is 11.4. The highest BCUT2D eigenvalue weighted by Gasteiger charge is 2.12. The summed E-state index contributed by atoms with van der Waals surface area (Å²) in [6, 6.07) is 3.71. The molecule has 0 saturated carbocycles. The van der Waals surface area contributed by atoms with E-state index in [2.05, 4.69) is 9.97 Å². The van der Waals surface area contributed by atoms with E-state index in [0.717, 1.165) is 10.6 Å². The van der Waals surface area contributed by atoms with Crippen molar-refractivity contribution in [3.63, 3.8) is 0 Å². The largest absolute Gasteiger partial charge is 0.461 e. The summed E-state index contributed by atoms with van der Waals surface area (Å²) in [6.07, 6.45) is 3.39. The first-order valence-corrected chi connectivity index (χ1v) is 5.72. The van der Waals surface area contributed by atoms with Gasteiger partial charge in [-0.2, -0.15) is 0 Å². The zero-order valence-corrected chi connectivity index (χ0v) is 9.53. The van der Waals surface area contributed by atoms with Crippen LogP contribution in [0.25, 0.3) is 10.6 Å². The van der Waals surface area contributed by atoms with Crippen LogP contribution in [0.2, 0.25) is 0 Å². The lowest BCUT2D eigenvalue weighted by Crippen LogP contribution is -2.04. The molecule has 0 fully saturated rings. The Morgan fingerprint density at radius 2 is 2.19 bits per heavy atom. The van der Waals surface area contributed by atoms with E-state index in [4.69, 9.17) is 4.74 Å². The summed E-state index contributed by atoms with van der Waals surface area (Å²) in [7, 11) is 0. The Morgan fingerprint density at radius 1 is 1.44 bits per heavy atom. The molecule has 0 spiro atoms. The van der Waals surface area contributed by atoms with E-state index in [1.807, 2.05) is 12.1 Å². The molecule has 0 amide bonds. The van der Waals surface area contributed by atoms with Crippen LogP contribution in [0.15, 0.2) is 29.9 Å². The molecular formula is C11H10N2O2S. The number of esters is 1. The first kappa shape index (κ1) is 10.8. The van der Waals surface area contributed by atoms with Crippen LogP contribution in [0, 0.1) is 0 Å². The van der Waals surface area contributed by atoms with Gasteiger partial charge in [-0.1, -0.05) is 0 Å². The van der Waals surface area contributed by atoms with Crippen molar-refractivity contribution in [2.24, 2.45) is 0 Å². The second kappa shape index (κ2) is 4.85. The first-order chi connectivity index (χ1) is 7.81. The highest BCUT2D eigenvalue weighted by Crippen LogP contribution is 2.22. The lowest BCUT2D eigenvalue weighted by molar-refractivity contribution is 0.0520. The summed E-state index contributed by atoms with van der Waals surface area (Å²) < 4.78 is 4.87. The number of aromatic nitrogens is 2. The molecule has 2 heterocycles. The quantitative estimate of drug-likeness (QED) is 0.765. The molecule has 0 bridgehead atoms. The van der Waals surface area contributed by atoms with E-state index >= 15 is 0 Å². The van der Waals surface area contributed by atoms with Gasteiger partial charge >= 0.3 is 5.97 Å². The van der Waals surface area contributed by atoms with Crippen LogP contribution in [0.5, 0.6) is 0 Å². The molecule has 4 nitrogen and oxygen atoms in total. The predicted molar refractivity (Wildman–Crippen MR) is 61.3 cm³/mol. The van der Waals surface area contributed by atoms with E-state index in [-0.39, 0.29) is 5.97 Å². The number of rotatable bonds is 3. The lowest BCUT2D eigenvalue weighted by atomic mass is 10.3. The molecule has 0 unspecified atom stereocenters. The van der Waals surface area contributed by atoms with Gasteiger partial charge in [0.1, 0.15) is 5.01 Å². The van der Waals surface area contributed by atoms with Crippen molar-refractivity contribution in [2.75, 3.05) is 6.61 Å². The van der Waals surface area contributed by atoms with Crippen LogP contribution in [-0.4, -0.2) is 22.5 Å². The third kappa shape index (κ3) is 2.25. The molecule has 0 aliphatic rings. The number of pyridine rings is 1. The SMILES string of the molecule is CCOC(=O)c1csc(-c2ccncc2)n1. The Balaban J connectivity index is 2.23. The Bertz CT molecular complexity index is 482. The molecule has 0 atom stereocenters. The number of thiazole rings is 1. The second-order valence-electron chi connectivity index (χ2n) is 2.99. The van der Waals surface area contributed by atoms with Crippen LogP contribution >= 0.6 is 11.3 Å². The van der Waals surface area contributed by atoms with E-state index < -0.39 is 0 Å². The molecule has 2 rings (SSSR count). The lowest BCUT2D eigenvalue weighted by Gasteiger charge is -1.96. The fourth-order valence-corrected chi connectivity index (χ4v) is 2.00. The van der Waals surface area contributed by atoms with Crippen molar-refractivity contribution in [3.8, 4) is 10.6 Å². The Kier molecular flexibility index (Phi) is 3.26. The summed E-state index contributed by atoms with van der Waals surface area (Å²) in [4.78, 5) is 19.5. The Labute approximate surface area is 96.9 Å². The standard InChI is InChI=1S/C11H10N2O2S/c1-2-15-11(14)9-7-16-10(13-9)8-3-5-12-6-4-8/h3-7H,2H2,1H3. The third-order valence-electron chi connectivity index (χ3n) is 1.92. The molecule has 16 heavy (non-hydrogen) atoms. The van der Waals surface area contributed by atoms with Gasteiger partial charge in [0, 0.05) is 23.3 Å². The molecule has 0 radical (unpaired) electrons. The maximum Gasteiger partial charge on any atom is 0.357 e. The smallest absolute Gasteiger partial charge is 0.357 e. The minimum atomic E-state index is -0.376. The van der Waals surface area contributed by atoms with Crippen molar-refractivity contribution in [1.82, 2.24) is 9.97 Å². The molecule has 2 aromatic rings. The van der Waals surface area contributed by atoms with Crippen molar-refractivity contribution in [3.05, 3.63) is 35.6 Å². The average molecular weight is 234 g/mol. The van der Waals surface area contributed by atoms with Crippen molar-refractivity contribution in [1.29, 1.82) is 0 Å². The van der Waals surface area contributed by atoms with Crippen LogP contribution in [-0.2, 0) is 4.74 Å². The fraction of sp³-hybridized carbons (Fsp3) is 0.182. The monoisotopic (exact) mass is 234 g/mol. The number of hydrogen-bond donors (Lipinski definition) is 0. The van der Waals surface area contributed by atoms with Gasteiger partial charge in [-0.15, -0.1) is 11.3 Å². The summed E-state index contributed by atoms with van der Waals surface area (Å²) in [5.74, 6) is -0.376. The van der Waals surface area contributed by atoms with Gasteiger partial charge < -0.3 is 4.74 Å². The van der Waals surface area contributed by atoms with Crippen LogP contribution in [0.1, 0.15) is 17.4 Å². The summed E-state index contributed by atoms with van der Waals surface area (Å²) in [5, 5.41) is 2.50. The molecule has 0 aliphatic carbocycles. The minimum absolute atomic E-state index is 0.360. The summed E-state index contributed by atoms with van der Waals surface area (Å²) in [6.45, 7) is 2.13. The number of carbonyl (C=O) groups excluding carboxylic acids is 1. The van der Waals surface area contributed by atoms with Gasteiger partial charge in [-0.25, -0.2) is 9.78 Å². The summed E-state index contributed by atoms with van der Waals surface area (Å²) >= 11 is 1.42. The van der Waals surface area contributed by atoms with Crippen molar-refractivity contribution >= 4 is 17.3 Å². The fourth-order valence-electron chi connectivity index (χ4n) is 1.20. The first-order valence-electron chi connectivity index (χ1n) is 4.84. The topological polar surface area (TPSA) is 52.1 Å². The molecule has 82 valence electrons. The maximum atomic E-state index is 11.4. The molecule has 0 N–H and O–H groups in total. The molecule has 0 aromatic carbocycles. The average Bonchev–Trinajstić information content (AvgIpc) is 2.80. The Morgan fingerprint density at radius 3 is 2.88 bits per heavy atom. The van der Waals surface area contributed by atoms with Gasteiger partial charge in [0.25, 0.3) is 0 Å². The molecule has 5 heteroatoms. The van der Waals surface area contributed by atoms with Crippen molar-refractivity contribution in [2.45, 2.75) is 6.92 Å². The number of ether oxygens (including phenoxy) is 1. The molecule has 2 aromatic heterocycles. The summed E-state index contributed by atoms with van der Waals surface area (Å²) in [5.41, 5.74) is 1.31. The third-order valence-corrected chi connectivity index (χ3v) is 2.81. The molecular weight excluding hydrogens is 224 g/mol. The molecule has 0 aliphatic heterocycles. The van der Waals surface area contributed by atoms with E-state index in [9.17, 15) is 4.79 Å². The van der Waals surface area contributed by atoms with E-state index in [0.29, 0.717) is 12.3 Å². The van der Waals surface area contributed by atoms with Gasteiger partial charge in [-0.05, 0) is 19.1 Å². The van der Waals surface area contributed by atoms with Crippen LogP contribution in [0.3, 0.4) is 0 Å². The highest BCUT2D eigenvalue weighted by atomic mass is 32.1. The van der Waals surface area contributed by atoms with Crippen LogP contribution < -0.4 is 0 Å². The van der Waals surface area contributed by atoms with Gasteiger partial charge in [0.2, 0.25) is 0 Å².